The Morgan fingerprint density at radius 3 is 2.40 bits per heavy atom. The summed E-state index contributed by atoms with van der Waals surface area (Å²) in [7, 11) is 0. The minimum atomic E-state index is -0.289. The minimum Gasteiger partial charge on any atom is -0.346 e. The van der Waals surface area contributed by atoms with E-state index in [1.165, 1.54) is 0 Å². The molecule has 7 heteroatoms. The van der Waals surface area contributed by atoms with E-state index in [1.54, 1.807) is 35.6 Å². The van der Waals surface area contributed by atoms with E-state index in [4.69, 9.17) is 0 Å². The molecule has 1 amide bonds. The third kappa shape index (κ3) is 4.42. The SMILES string of the molecule is C[C@@H](C(=O)Nc1ccccc1C(=O)c1ccccc1)N1CCN(c2nccs2)CC1. The smallest absolute Gasteiger partial charge is 0.241 e. The highest BCUT2D eigenvalue weighted by atomic mass is 32.1. The number of anilines is 2. The fourth-order valence-electron chi connectivity index (χ4n) is 3.61. The molecule has 1 fully saturated rings. The number of nitrogens with one attached hydrogen (secondary N) is 1. The van der Waals surface area contributed by atoms with Crippen molar-refractivity contribution < 1.29 is 9.59 Å². The molecule has 30 heavy (non-hydrogen) atoms. The monoisotopic (exact) mass is 420 g/mol. The summed E-state index contributed by atoms with van der Waals surface area (Å²) in [6.07, 6.45) is 1.82. The van der Waals surface area contributed by atoms with Crippen LogP contribution in [0.25, 0.3) is 0 Å². The second kappa shape index (κ2) is 9.19. The number of amides is 1. The molecule has 2 aromatic carbocycles. The summed E-state index contributed by atoms with van der Waals surface area (Å²) in [4.78, 5) is 34.6. The van der Waals surface area contributed by atoms with Crippen molar-refractivity contribution in [3.05, 3.63) is 77.3 Å². The Morgan fingerprint density at radius 2 is 1.70 bits per heavy atom. The van der Waals surface area contributed by atoms with Crippen molar-refractivity contribution in [3.63, 3.8) is 0 Å². The molecule has 0 aliphatic carbocycles. The molecule has 3 aromatic rings. The van der Waals surface area contributed by atoms with Gasteiger partial charge in [-0.05, 0) is 19.1 Å². The van der Waals surface area contributed by atoms with Crippen molar-refractivity contribution in [3.8, 4) is 0 Å². The highest BCUT2D eigenvalue weighted by Gasteiger charge is 2.27. The molecular formula is C23H24N4O2S. The van der Waals surface area contributed by atoms with Crippen molar-refractivity contribution in [2.24, 2.45) is 0 Å². The zero-order chi connectivity index (χ0) is 20.9. The summed E-state index contributed by atoms with van der Waals surface area (Å²) >= 11 is 1.63. The number of nitrogens with zero attached hydrogens (tertiary/aromatic N) is 3. The molecule has 6 nitrogen and oxygen atoms in total. The fraction of sp³-hybridized carbons (Fsp3) is 0.261. The Labute approximate surface area is 180 Å². The maximum absolute atomic E-state index is 12.9. The third-order valence-electron chi connectivity index (χ3n) is 5.40. The molecule has 1 aliphatic rings. The summed E-state index contributed by atoms with van der Waals surface area (Å²) in [6.45, 7) is 5.18. The lowest BCUT2D eigenvalue weighted by molar-refractivity contribution is -0.120. The number of hydrogen-bond acceptors (Lipinski definition) is 6. The predicted molar refractivity (Wildman–Crippen MR) is 120 cm³/mol. The van der Waals surface area contributed by atoms with E-state index in [2.05, 4.69) is 20.1 Å². The van der Waals surface area contributed by atoms with E-state index in [9.17, 15) is 9.59 Å². The number of benzene rings is 2. The van der Waals surface area contributed by atoms with Gasteiger partial charge in [-0.3, -0.25) is 14.5 Å². The quantitative estimate of drug-likeness (QED) is 0.618. The summed E-state index contributed by atoms with van der Waals surface area (Å²) in [5.41, 5.74) is 1.65. The number of hydrogen-bond donors (Lipinski definition) is 1. The number of ketones is 1. The molecule has 4 rings (SSSR count). The molecule has 0 saturated carbocycles. The van der Waals surface area contributed by atoms with Gasteiger partial charge in [0.2, 0.25) is 5.91 Å². The number of aromatic nitrogens is 1. The predicted octanol–water partition coefficient (Wildman–Crippen LogP) is 3.52. The van der Waals surface area contributed by atoms with E-state index in [-0.39, 0.29) is 17.7 Å². The number of carbonyl (C=O) groups is 2. The molecule has 2 heterocycles. The van der Waals surface area contributed by atoms with Crippen molar-refractivity contribution in [2.75, 3.05) is 36.4 Å². The van der Waals surface area contributed by atoms with Crippen LogP contribution in [-0.2, 0) is 4.79 Å². The highest BCUT2D eigenvalue weighted by Crippen LogP contribution is 2.22. The molecule has 0 bridgehead atoms. The number of piperazine rings is 1. The first-order chi connectivity index (χ1) is 14.6. The standard InChI is InChI=1S/C23H24N4O2S/c1-17(26-12-14-27(15-13-26)23-24-11-16-30-23)22(29)25-20-10-6-5-9-19(20)21(28)18-7-3-2-4-8-18/h2-11,16-17H,12-15H2,1H3,(H,25,29)/t17-/m0/s1. The van der Waals surface area contributed by atoms with Gasteiger partial charge < -0.3 is 10.2 Å². The molecule has 1 aliphatic heterocycles. The molecule has 0 unspecified atom stereocenters. The molecule has 154 valence electrons. The first kappa shape index (κ1) is 20.3. The van der Waals surface area contributed by atoms with Crippen LogP contribution < -0.4 is 10.2 Å². The van der Waals surface area contributed by atoms with Gasteiger partial charge in [0.1, 0.15) is 0 Å². The van der Waals surface area contributed by atoms with Gasteiger partial charge in [-0.15, -0.1) is 11.3 Å². The third-order valence-corrected chi connectivity index (χ3v) is 6.23. The van der Waals surface area contributed by atoms with Gasteiger partial charge in [-0.25, -0.2) is 4.98 Å². The molecule has 1 saturated heterocycles. The molecule has 0 radical (unpaired) electrons. The van der Waals surface area contributed by atoms with Gasteiger partial charge >= 0.3 is 0 Å². The van der Waals surface area contributed by atoms with E-state index >= 15 is 0 Å². The minimum absolute atomic E-state index is 0.101. The average molecular weight is 421 g/mol. The Hall–Kier alpha value is -3.03. The van der Waals surface area contributed by atoms with E-state index < -0.39 is 0 Å². The first-order valence-electron chi connectivity index (χ1n) is 10.0. The Balaban J connectivity index is 1.41. The summed E-state index contributed by atoms with van der Waals surface area (Å²) in [5.74, 6) is -0.206. The zero-order valence-electron chi connectivity index (χ0n) is 16.8. The lowest BCUT2D eigenvalue weighted by atomic mass is 10.0. The van der Waals surface area contributed by atoms with Crippen LogP contribution in [0.2, 0.25) is 0 Å². The molecular weight excluding hydrogens is 396 g/mol. The maximum Gasteiger partial charge on any atom is 0.241 e. The van der Waals surface area contributed by atoms with Crippen LogP contribution in [0.1, 0.15) is 22.8 Å². The molecule has 1 atom stereocenters. The molecule has 1 aromatic heterocycles. The zero-order valence-corrected chi connectivity index (χ0v) is 17.6. The van der Waals surface area contributed by atoms with E-state index in [0.717, 1.165) is 31.3 Å². The van der Waals surface area contributed by atoms with Crippen molar-refractivity contribution in [1.82, 2.24) is 9.88 Å². The highest BCUT2D eigenvalue weighted by molar-refractivity contribution is 7.13. The maximum atomic E-state index is 12.9. The molecule has 1 N–H and O–H groups in total. The summed E-state index contributed by atoms with van der Waals surface area (Å²) < 4.78 is 0. The van der Waals surface area contributed by atoms with Crippen molar-refractivity contribution in [2.45, 2.75) is 13.0 Å². The Bertz CT molecular complexity index is 999. The number of thiazole rings is 1. The van der Waals surface area contributed by atoms with Gasteiger partial charge in [0.05, 0.1) is 11.7 Å². The van der Waals surface area contributed by atoms with Crippen molar-refractivity contribution >= 4 is 33.8 Å². The molecule has 0 spiro atoms. The van der Waals surface area contributed by atoms with E-state index in [1.807, 2.05) is 48.8 Å². The van der Waals surface area contributed by atoms with Gasteiger partial charge in [0.15, 0.2) is 10.9 Å². The lowest BCUT2D eigenvalue weighted by Crippen LogP contribution is -2.52. The van der Waals surface area contributed by atoms with Crippen LogP contribution in [0.15, 0.2) is 66.2 Å². The van der Waals surface area contributed by atoms with Crippen LogP contribution >= 0.6 is 11.3 Å². The van der Waals surface area contributed by atoms with Gasteiger partial charge in [0, 0.05) is 48.9 Å². The second-order valence-corrected chi connectivity index (χ2v) is 8.12. The van der Waals surface area contributed by atoms with Gasteiger partial charge in [-0.2, -0.15) is 0 Å². The largest absolute Gasteiger partial charge is 0.346 e. The summed E-state index contributed by atoms with van der Waals surface area (Å²) in [5, 5.41) is 5.98. The lowest BCUT2D eigenvalue weighted by Gasteiger charge is -2.37. The summed E-state index contributed by atoms with van der Waals surface area (Å²) in [6, 6.07) is 16.0. The normalized spacial score (nSPS) is 15.6. The fourth-order valence-corrected chi connectivity index (χ4v) is 4.31. The first-order valence-corrected chi connectivity index (χ1v) is 10.9. The Morgan fingerprint density at radius 1 is 1.00 bits per heavy atom. The number of carbonyl (C=O) groups excluding carboxylic acids is 2. The average Bonchev–Trinajstić information content (AvgIpc) is 3.34. The number of para-hydroxylation sites is 1. The van der Waals surface area contributed by atoms with E-state index in [0.29, 0.717) is 16.8 Å². The second-order valence-electron chi connectivity index (χ2n) is 7.24. The van der Waals surface area contributed by atoms with Crippen LogP contribution in [-0.4, -0.2) is 53.8 Å². The van der Waals surface area contributed by atoms with Crippen LogP contribution in [0, 0.1) is 0 Å². The Kier molecular flexibility index (Phi) is 6.21. The van der Waals surface area contributed by atoms with Gasteiger partial charge in [-0.1, -0.05) is 42.5 Å². The van der Waals surface area contributed by atoms with Crippen LogP contribution in [0.4, 0.5) is 10.8 Å². The number of rotatable bonds is 6. The van der Waals surface area contributed by atoms with Crippen LogP contribution in [0.3, 0.4) is 0 Å². The van der Waals surface area contributed by atoms with Crippen molar-refractivity contribution in [1.29, 1.82) is 0 Å². The van der Waals surface area contributed by atoms with Crippen LogP contribution in [0.5, 0.6) is 0 Å². The topological polar surface area (TPSA) is 65.5 Å². The van der Waals surface area contributed by atoms with Gasteiger partial charge in [0.25, 0.3) is 0 Å².